The molecule has 0 spiro atoms. The third-order valence-corrected chi connectivity index (χ3v) is 4.32. The fourth-order valence-electron chi connectivity index (χ4n) is 3.04. The molecule has 0 aromatic heterocycles. The van der Waals surface area contributed by atoms with E-state index in [-0.39, 0.29) is 0 Å². The molecule has 4 heteroatoms. The first-order valence-electron chi connectivity index (χ1n) is 8.41. The highest BCUT2D eigenvalue weighted by atomic mass is 16.5. The number of aryl methyl sites for hydroxylation is 1. The summed E-state index contributed by atoms with van der Waals surface area (Å²) in [5, 5.41) is 14.0. The van der Waals surface area contributed by atoms with Crippen LogP contribution in [-0.2, 0) is 0 Å². The summed E-state index contributed by atoms with van der Waals surface area (Å²) in [7, 11) is 0. The summed E-state index contributed by atoms with van der Waals surface area (Å²) in [6.07, 6.45) is -0.439. The molecular weight excluding hydrogens is 276 g/mol. The molecule has 1 aliphatic rings. The van der Waals surface area contributed by atoms with Gasteiger partial charge in [0.05, 0.1) is 12.7 Å². The molecule has 4 nitrogen and oxygen atoms in total. The van der Waals surface area contributed by atoms with Crippen LogP contribution in [0, 0.1) is 6.92 Å². The summed E-state index contributed by atoms with van der Waals surface area (Å²) in [5.41, 5.74) is 3.32. The van der Waals surface area contributed by atoms with Crippen LogP contribution in [0.4, 0.5) is 0 Å². The normalized spacial score (nSPS) is 17.7. The van der Waals surface area contributed by atoms with Crippen LogP contribution in [-0.4, -0.2) is 49.3 Å². The molecule has 124 valence electrons. The highest BCUT2D eigenvalue weighted by molar-refractivity contribution is 5.44. The minimum Gasteiger partial charge on any atom is -0.494 e. The number of nitrogens with one attached hydrogen (secondary N) is 1. The molecule has 0 radical (unpaired) electrons. The van der Waals surface area contributed by atoms with Gasteiger partial charge in [0.25, 0.3) is 0 Å². The predicted molar refractivity (Wildman–Crippen MR) is 90.7 cm³/mol. The van der Waals surface area contributed by atoms with Crippen LogP contribution in [0.2, 0.25) is 0 Å². The van der Waals surface area contributed by atoms with E-state index >= 15 is 0 Å². The molecule has 2 N–H and O–H groups in total. The average molecular weight is 306 g/mol. The van der Waals surface area contributed by atoms with Crippen molar-refractivity contribution in [1.29, 1.82) is 0 Å². The molecule has 1 heterocycles. The number of aliphatic hydroxyl groups is 1. The number of aliphatic hydroxyl groups excluding tert-OH is 1. The maximum atomic E-state index is 10.7. The SMILES string of the molecule is CCOc1cc(C)c(C(O)CN2CCNCC2)cc1C(C)C. The van der Waals surface area contributed by atoms with Crippen molar-refractivity contribution < 1.29 is 9.84 Å². The molecule has 0 saturated carbocycles. The number of ether oxygens (including phenoxy) is 1. The van der Waals surface area contributed by atoms with E-state index in [4.69, 9.17) is 4.74 Å². The van der Waals surface area contributed by atoms with Crippen LogP contribution in [0.5, 0.6) is 5.75 Å². The lowest BCUT2D eigenvalue weighted by Crippen LogP contribution is -2.45. The molecule has 22 heavy (non-hydrogen) atoms. The Balaban J connectivity index is 2.19. The second kappa shape index (κ2) is 7.95. The van der Waals surface area contributed by atoms with E-state index in [0.29, 0.717) is 19.1 Å². The lowest BCUT2D eigenvalue weighted by molar-refractivity contribution is 0.105. The molecule has 1 unspecified atom stereocenters. The summed E-state index contributed by atoms with van der Waals surface area (Å²) >= 11 is 0. The summed E-state index contributed by atoms with van der Waals surface area (Å²) in [5.74, 6) is 1.33. The molecule has 1 aliphatic heterocycles. The Bertz CT molecular complexity index is 482. The molecule has 1 aromatic carbocycles. The van der Waals surface area contributed by atoms with Gasteiger partial charge >= 0.3 is 0 Å². The van der Waals surface area contributed by atoms with Crippen molar-refractivity contribution in [2.75, 3.05) is 39.3 Å². The zero-order valence-electron chi connectivity index (χ0n) is 14.4. The number of rotatable bonds is 6. The van der Waals surface area contributed by atoms with Crippen LogP contribution < -0.4 is 10.1 Å². The summed E-state index contributed by atoms with van der Waals surface area (Å²) < 4.78 is 5.76. The van der Waals surface area contributed by atoms with E-state index in [1.165, 1.54) is 5.56 Å². The van der Waals surface area contributed by atoms with Crippen LogP contribution in [0.3, 0.4) is 0 Å². The molecule has 0 bridgehead atoms. The number of β-amino-alcohol motifs (C(OH)–C–C–N with tert-alkyl or cyclic N) is 1. The lowest BCUT2D eigenvalue weighted by Gasteiger charge is -2.30. The van der Waals surface area contributed by atoms with Crippen molar-refractivity contribution in [2.24, 2.45) is 0 Å². The monoisotopic (exact) mass is 306 g/mol. The zero-order chi connectivity index (χ0) is 16.1. The van der Waals surface area contributed by atoms with Crippen molar-refractivity contribution in [3.05, 3.63) is 28.8 Å². The van der Waals surface area contributed by atoms with Crippen molar-refractivity contribution in [3.63, 3.8) is 0 Å². The highest BCUT2D eigenvalue weighted by Gasteiger charge is 2.20. The molecule has 2 rings (SSSR count). The number of piperazine rings is 1. The minimum atomic E-state index is -0.439. The van der Waals surface area contributed by atoms with E-state index in [0.717, 1.165) is 43.1 Å². The topological polar surface area (TPSA) is 44.7 Å². The van der Waals surface area contributed by atoms with Crippen LogP contribution in [0.25, 0.3) is 0 Å². The quantitative estimate of drug-likeness (QED) is 0.847. The first kappa shape index (κ1) is 17.3. The molecular formula is C18H30N2O2. The van der Waals surface area contributed by atoms with Gasteiger partial charge in [0.1, 0.15) is 5.75 Å². The van der Waals surface area contributed by atoms with Gasteiger partial charge in [-0.1, -0.05) is 13.8 Å². The Morgan fingerprint density at radius 1 is 1.23 bits per heavy atom. The number of benzene rings is 1. The van der Waals surface area contributed by atoms with E-state index < -0.39 is 6.10 Å². The largest absolute Gasteiger partial charge is 0.494 e. The third-order valence-electron chi connectivity index (χ3n) is 4.32. The zero-order valence-corrected chi connectivity index (χ0v) is 14.4. The Morgan fingerprint density at radius 3 is 2.50 bits per heavy atom. The number of hydrogen-bond acceptors (Lipinski definition) is 4. The van der Waals surface area contributed by atoms with Crippen LogP contribution in [0.1, 0.15) is 49.5 Å². The van der Waals surface area contributed by atoms with Gasteiger partial charge in [0.15, 0.2) is 0 Å². The third kappa shape index (κ3) is 4.22. The van der Waals surface area contributed by atoms with E-state index in [1.807, 2.05) is 6.92 Å². The van der Waals surface area contributed by atoms with Crippen molar-refractivity contribution in [1.82, 2.24) is 10.2 Å². The van der Waals surface area contributed by atoms with Gasteiger partial charge in [-0.05, 0) is 48.6 Å². The molecule has 1 fully saturated rings. The van der Waals surface area contributed by atoms with Gasteiger partial charge < -0.3 is 15.2 Å². The van der Waals surface area contributed by atoms with Gasteiger partial charge in [0.2, 0.25) is 0 Å². The van der Waals surface area contributed by atoms with E-state index in [9.17, 15) is 5.11 Å². The smallest absolute Gasteiger partial charge is 0.123 e. The standard InChI is InChI=1S/C18H30N2O2/c1-5-22-18-10-14(4)16(11-15(18)13(2)3)17(21)12-20-8-6-19-7-9-20/h10-11,13,17,19,21H,5-9,12H2,1-4H3. The molecule has 0 aliphatic carbocycles. The molecule has 1 aromatic rings. The lowest BCUT2D eigenvalue weighted by atomic mass is 9.93. The molecule has 0 amide bonds. The van der Waals surface area contributed by atoms with E-state index in [1.54, 1.807) is 0 Å². The minimum absolute atomic E-state index is 0.382. The van der Waals surface area contributed by atoms with Gasteiger partial charge in [-0.15, -0.1) is 0 Å². The van der Waals surface area contributed by atoms with Crippen molar-refractivity contribution in [3.8, 4) is 5.75 Å². The number of nitrogens with zero attached hydrogens (tertiary/aromatic N) is 1. The van der Waals surface area contributed by atoms with Gasteiger partial charge in [-0.3, -0.25) is 4.90 Å². The van der Waals surface area contributed by atoms with Crippen molar-refractivity contribution >= 4 is 0 Å². The van der Waals surface area contributed by atoms with Crippen LogP contribution >= 0.6 is 0 Å². The van der Waals surface area contributed by atoms with Crippen molar-refractivity contribution in [2.45, 2.75) is 39.7 Å². The summed E-state index contributed by atoms with van der Waals surface area (Å²) in [4.78, 5) is 2.33. The number of hydrogen-bond donors (Lipinski definition) is 2. The second-order valence-electron chi connectivity index (χ2n) is 6.40. The molecule has 1 saturated heterocycles. The van der Waals surface area contributed by atoms with Crippen LogP contribution in [0.15, 0.2) is 12.1 Å². The van der Waals surface area contributed by atoms with E-state index in [2.05, 4.69) is 43.1 Å². The maximum absolute atomic E-state index is 10.7. The van der Waals surface area contributed by atoms with Gasteiger partial charge in [-0.25, -0.2) is 0 Å². The summed E-state index contributed by atoms with van der Waals surface area (Å²) in [6, 6.07) is 4.22. The van der Waals surface area contributed by atoms with Gasteiger partial charge in [0, 0.05) is 32.7 Å². The first-order valence-corrected chi connectivity index (χ1v) is 8.41. The first-order chi connectivity index (χ1) is 10.5. The fourth-order valence-corrected chi connectivity index (χ4v) is 3.04. The second-order valence-corrected chi connectivity index (χ2v) is 6.40. The van der Waals surface area contributed by atoms with Gasteiger partial charge in [-0.2, -0.15) is 0 Å². The maximum Gasteiger partial charge on any atom is 0.123 e. The Morgan fingerprint density at radius 2 is 1.91 bits per heavy atom. The Labute approximate surface area is 134 Å². The Kier molecular flexibility index (Phi) is 6.24. The predicted octanol–water partition coefficient (Wildman–Crippen LogP) is 2.46. The average Bonchev–Trinajstić information content (AvgIpc) is 2.48. The fraction of sp³-hybridized carbons (Fsp3) is 0.667. The summed E-state index contributed by atoms with van der Waals surface area (Å²) in [6.45, 7) is 13.8. The Hall–Kier alpha value is -1.10. The molecule has 1 atom stereocenters. The highest BCUT2D eigenvalue weighted by Crippen LogP contribution is 2.32.